The molecule has 1 aromatic heterocycles. The summed E-state index contributed by atoms with van der Waals surface area (Å²) in [5.74, 6) is -0.788. The van der Waals surface area contributed by atoms with Crippen LogP contribution in [0.4, 0.5) is 23.2 Å². The quantitative estimate of drug-likeness (QED) is 0.535. The fourth-order valence-electron chi connectivity index (χ4n) is 2.46. The summed E-state index contributed by atoms with van der Waals surface area (Å²) >= 11 is 5.57. The number of carbonyl (C=O) groups excluding carboxylic acids is 1. The Balaban J connectivity index is 1.79. The van der Waals surface area contributed by atoms with E-state index in [2.05, 4.69) is 10.5 Å². The fourth-order valence-corrected chi connectivity index (χ4v) is 2.69. The van der Waals surface area contributed by atoms with Gasteiger partial charge in [0.15, 0.2) is 5.69 Å². The number of hydrogen-bond donors (Lipinski definition) is 1. The summed E-state index contributed by atoms with van der Waals surface area (Å²) in [6, 6.07) is 8.37. The molecule has 0 unspecified atom stereocenters. The maximum absolute atomic E-state index is 13.2. The van der Waals surface area contributed by atoms with Crippen molar-refractivity contribution in [1.82, 2.24) is 5.16 Å². The van der Waals surface area contributed by atoms with E-state index in [1.165, 1.54) is 31.2 Å². The van der Waals surface area contributed by atoms with E-state index in [0.29, 0.717) is 0 Å². The number of alkyl halides is 3. The number of ether oxygens (including phenoxy) is 1. The lowest BCUT2D eigenvalue weighted by Crippen LogP contribution is -2.16. The van der Waals surface area contributed by atoms with E-state index >= 15 is 0 Å². The van der Waals surface area contributed by atoms with Crippen LogP contribution in [0.15, 0.2) is 47.0 Å². The van der Waals surface area contributed by atoms with Gasteiger partial charge in [-0.2, -0.15) is 13.2 Å². The van der Waals surface area contributed by atoms with Crippen LogP contribution in [0.1, 0.15) is 27.4 Å². The summed E-state index contributed by atoms with van der Waals surface area (Å²) < 4.78 is 62.6. The standard InChI is InChI=1S/C19H13ClF4N2O3/c1-10-14(9-28-13-4-2-3-11(21)7-13)17(26-29-10)18(27)25-12-5-6-16(20)15(8-12)19(22,23)24/h2-8H,9H2,1H3,(H,25,27). The maximum Gasteiger partial charge on any atom is 0.417 e. The van der Waals surface area contributed by atoms with Crippen LogP contribution in [-0.2, 0) is 12.8 Å². The molecule has 0 bridgehead atoms. The predicted octanol–water partition coefficient (Wildman–Crippen LogP) is 5.63. The number of nitrogens with one attached hydrogen (secondary N) is 1. The van der Waals surface area contributed by atoms with Crippen LogP contribution in [0.25, 0.3) is 0 Å². The van der Waals surface area contributed by atoms with Gasteiger partial charge in [0.1, 0.15) is 23.9 Å². The number of hydrogen-bond acceptors (Lipinski definition) is 4. The molecule has 0 aliphatic carbocycles. The zero-order valence-electron chi connectivity index (χ0n) is 14.8. The molecule has 0 atom stereocenters. The van der Waals surface area contributed by atoms with Crippen molar-refractivity contribution in [2.24, 2.45) is 0 Å². The van der Waals surface area contributed by atoms with Gasteiger partial charge < -0.3 is 14.6 Å². The topological polar surface area (TPSA) is 64.4 Å². The SMILES string of the molecule is Cc1onc(C(=O)Nc2ccc(Cl)c(C(F)(F)F)c2)c1COc1cccc(F)c1. The predicted molar refractivity (Wildman–Crippen MR) is 96.4 cm³/mol. The Bertz CT molecular complexity index is 1050. The van der Waals surface area contributed by atoms with Crippen LogP contribution < -0.4 is 10.1 Å². The molecule has 10 heteroatoms. The average Bonchev–Trinajstić information content (AvgIpc) is 3.01. The number of nitrogens with zero attached hydrogens (tertiary/aromatic N) is 1. The maximum atomic E-state index is 13.2. The molecular weight excluding hydrogens is 416 g/mol. The number of carbonyl (C=O) groups is 1. The molecule has 5 nitrogen and oxygen atoms in total. The van der Waals surface area contributed by atoms with Gasteiger partial charge in [-0.15, -0.1) is 0 Å². The fraction of sp³-hybridized carbons (Fsp3) is 0.158. The Labute approximate surface area is 167 Å². The second-order valence-corrected chi connectivity index (χ2v) is 6.37. The molecule has 0 saturated heterocycles. The van der Waals surface area contributed by atoms with Crippen LogP contribution >= 0.6 is 11.6 Å². The van der Waals surface area contributed by atoms with Gasteiger partial charge in [-0.05, 0) is 37.3 Å². The lowest BCUT2D eigenvalue weighted by Gasteiger charge is -2.11. The van der Waals surface area contributed by atoms with Gasteiger partial charge in [0.25, 0.3) is 5.91 Å². The van der Waals surface area contributed by atoms with Crippen LogP contribution in [0.3, 0.4) is 0 Å². The molecular formula is C19H13ClF4N2O3. The van der Waals surface area contributed by atoms with E-state index < -0.39 is 28.5 Å². The normalized spacial score (nSPS) is 11.4. The highest BCUT2D eigenvalue weighted by Crippen LogP contribution is 2.36. The highest BCUT2D eigenvalue weighted by molar-refractivity contribution is 6.31. The molecule has 3 aromatic rings. The number of aromatic nitrogens is 1. The Morgan fingerprint density at radius 1 is 1.24 bits per heavy atom. The first-order valence-electron chi connectivity index (χ1n) is 8.17. The van der Waals surface area contributed by atoms with E-state index in [4.69, 9.17) is 20.9 Å². The van der Waals surface area contributed by atoms with E-state index in [1.807, 2.05) is 0 Å². The molecule has 0 aliphatic rings. The van der Waals surface area contributed by atoms with Crippen LogP contribution in [-0.4, -0.2) is 11.1 Å². The summed E-state index contributed by atoms with van der Waals surface area (Å²) in [4.78, 5) is 12.5. The monoisotopic (exact) mass is 428 g/mol. The van der Waals surface area contributed by atoms with Gasteiger partial charge in [0.05, 0.1) is 16.1 Å². The number of anilines is 1. The summed E-state index contributed by atoms with van der Waals surface area (Å²) in [7, 11) is 0. The summed E-state index contributed by atoms with van der Waals surface area (Å²) in [5, 5.41) is 5.48. The van der Waals surface area contributed by atoms with Crippen LogP contribution in [0.5, 0.6) is 5.75 Å². The van der Waals surface area contributed by atoms with Gasteiger partial charge in [-0.25, -0.2) is 4.39 Å². The molecule has 0 spiro atoms. The lowest BCUT2D eigenvalue weighted by molar-refractivity contribution is -0.137. The van der Waals surface area contributed by atoms with Gasteiger partial charge in [0, 0.05) is 11.8 Å². The molecule has 1 N–H and O–H groups in total. The highest BCUT2D eigenvalue weighted by atomic mass is 35.5. The zero-order chi connectivity index (χ0) is 21.2. The number of benzene rings is 2. The molecule has 3 rings (SSSR count). The molecule has 1 heterocycles. The zero-order valence-corrected chi connectivity index (χ0v) is 15.6. The number of aryl methyl sites for hydroxylation is 1. The van der Waals surface area contributed by atoms with Crippen molar-refractivity contribution < 1.29 is 31.6 Å². The van der Waals surface area contributed by atoms with Crippen molar-refractivity contribution in [3.05, 3.63) is 75.9 Å². The third kappa shape index (κ3) is 4.86. The van der Waals surface area contributed by atoms with Crippen LogP contribution in [0.2, 0.25) is 5.02 Å². The Hall–Kier alpha value is -3.07. The smallest absolute Gasteiger partial charge is 0.417 e. The molecule has 152 valence electrons. The molecule has 1 amide bonds. The van der Waals surface area contributed by atoms with Gasteiger partial charge in [-0.3, -0.25) is 4.79 Å². The average molecular weight is 429 g/mol. The molecule has 0 aliphatic heterocycles. The van der Waals surface area contributed by atoms with Crippen LogP contribution in [0, 0.1) is 12.7 Å². The second-order valence-electron chi connectivity index (χ2n) is 5.96. The van der Waals surface area contributed by atoms with E-state index in [1.54, 1.807) is 0 Å². The van der Waals surface area contributed by atoms with Crippen molar-refractivity contribution in [3.8, 4) is 5.75 Å². The summed E-state index contributed by atoms with van der Waals surface area (Å²) in [6.07, 6.45) is -4.67. The molecule has 0 fully saturated rings. The first kappa shape index (κ1) is 20.7. The van der Waals surface area contributed by atoms with Gasteiger partial charge in [0.2, 0.25) is 0 Å². The number of amides is 1. The van der Waals surface area contributed by atoms with Crippen molar-refractivity contribution in [2.75, 3.05) is 5.32 Å². The van der Waals surface area contributed by atoms with E-state index in [0.717, 1.165) is 18.2 Å². The first-order chi connectivity index (χ1) is 13.6. The van der Waals surface area contributed by atoms with Gasteiger partial charge in [-0.1, -0.05) is 22.8 Å². The highest BCUT2D eigenvalue weighted by Gasteiger charge is 2.33. The minimum atomic E-state index is -4.67. The van der Waals surface area contributed by atoms with Crippen molar-refractivity contribution in [1.29, 1.82) is 0 Å². The lowest BCUT2D eigenvalue weighted by atomic mass is 10.1. The summed E-state index contributed by atoms with van der Waals surface area (Å²) in [6.45, 7) is 1.38. The van der Waals surface area contributed by atoms with Crippen molar-refractivity contribution in [3.63, 3.8) is 0 Å². The molecule has 0 saturated carbocycles. The van der Waals surface area contributed by atoms with E-state index in [9.17, 15) is 22.4 Å². The molecule has 2 aromatic carbocycles. The third-order valence-corrected chi connectivity index (χ3v) is 4.24. The molecule has 0 radical (unpaired) electrons. The molecule has 29 heavy (non-hydrogen) atoms. The Kier molecular flexibility index (Phi) is 5.78. The summed E-state index contributed by atoms with van der Waals surface area (Å²) in [5.41, 5.74) is -1.09. The number of halogens is 5. The minimum absolute atomic E-state index is 0.121. The number of rotatable bonds is 5. The Morgan fingerprint density at radius 3 is 2.69 bits per heavy atom. The third-order valence-electron chi connectivity index (χ3n) is 3.91. The Morgan fingerprint density at radius 2 is 2.00 bits per heavy atom. The van der Waals surface area contributed by atoms with Gasteiger partial charge >= 0.3 is 6.18 Å². The van der Waals surface area contributed by atoms with E-state index in [-0.39, 0.29) is 35.1 Å². The largest absolute Gasteiger partial charge is 0.489 e. The minimum Gasteiger partial charge on any atom is -0.489 e. The van der Waals surface area contributed by atoms with Crippen molar-refractivity contribution >= 4 is 23.2 Å². The second kappa shape index (κ2) is 8.12. The van der Waals surface area contributed by atoms with Crippen molar-refractivity contribution in [2.45, 2.75) is 19.7 Å². The first-order valence-corrected chi connectivity index (χ1v) is 8.54.